The predicted molar refractivity (Wildman–Crippen MR) is 126 cm³/mol. The maximum Gasteiger partial charge on any atom is 0.262 e. The quantitative estimate of drug-likeness (QED) is 0.438. The van der Waals surface area contributed by atoms with Crippen LogP contribution in [0.3, 0.4) is 0 Å². The highest BCUT2D eigenvalue weighted by atomic mass is 32.1. The Morgan fingerprint density at radius 1 is 1.06 bits per heavy atom. The van der Waals surface area contributed by atoms with Crippen molar-refractivity contribution in [1.82, 2.24) is 14.5 Å². The molecule has 0 unspecified atom stereocenters. The summed E-state index contributed by atoms with van der Waals surface area (Å²) in [5.41, 5.74) is 2.87. The number of rotatable bonds is 6. The third kappa shape index (κ3) is 4.30. The highest BCUT2D eigenvalue weighted by molar-refractivity contribution is 7.22. The minimum atomic E-state index is -0.169. The van der Waals surface area contributed by atoms with E-state index in [0.29, 0.717) is 16.8 Å². The average Bonchev–Trinajstić information content (AvgIpc) is 3.12. The second kappa shape index (κ2) is 8.86. The Hall–Kier alpha value is -3.25. The van der Waals surface area contributed by atoms with Crippen LogP contribution in [0.1, 0.15) is 25.0 Å². The van der Waals surface area contributed by atoms with Gasteiger partial charge in [0.2, 0.25) is 5.91 Å². The van der Waals surface area contributed by atoms with Crippen molar-refractivity contribution < 1.29 is 4.79 Å². The molecule has 0 aliphatic heterocycles. The Balaban J connectivity index is 1.65. The van der Waals surface area contributed by atoms with Crippen molar-refractivity contribution >= 4 is 27.5 Å². The minimum Gasteiger partial charge on any atom is -0.334 e. The zero-order valence-corrected chi connectivity index (χ0v) is 18.7. The molecule has 31 heavy (non-hydrogen) atoms. The van der Waals surface area contributed by atoms with Crippen molar-refractivity contribution in [2.24, 2.45) is 0 Å². The molecule has 4 rings (SSSR count). The number of fused-ring (bicyclic) bond motifs is 1. The fourth-order valence-electron chi connectivity index (χ4n) is 3.71. The summed E-state index contributed by atoms with van der Waals surface area (Å²) in [5.74, 6) is -0.0988. The number of hydrogen-bond donors (Lipinski definition) is 0. The minimum absolute atomic E-state index is 0.0210. The third-order valence-corrected chi connectivity index (χ3v) is 6.65. The van der Waals surface area contributed by atoms with Crippen LogP contribution in [-0.2, 0) is 17.9 Å². The molecule has 0 aliphatic rings. The highest BCUT2D eigenvalue weighted by Crippen LogP contribution is 2.35. The van der Waals surface area contributed by atoms with Gasteiger partial charge in [-0.15, -0.1) is 11.3 Å². The van der Waals surface area contributed by atoms with Gasteiger partial charge in [0.05, 0.1) is 11.7 Å². The van der Waals surface area contributed by atoms with E-state index in [1.54, 1.807) is 4.90 Å². The number of aromatic nitrogens is 2. The van der Waals surface area contributed by atoms with Crippen LogP contribution < -0.4 is 5.56 Å². The van der Waals surface area contributed by atoms with Gasteiger partial charge in [-0.1, -0.05) is 60.7 Å². The van der Waals surface area contributed by atoms with Gasteiger partial charge in [-0.3, -0.25) is 14.2 Å². The zero-order chi connectivity index (χ0) is 22.0. The van der Waals surface area contributed by atoms with Gasteiger partial charge in [0, 0.05) is 17.5 Å². The van der Waals surface area contributed by atoms with Crippen molar-refractivity contribution in [3.63, 3.8) is 0 Å². The summed E-state index contributed by atoms with van der Waals surface area (Å²) in [5, 5.41) is 0.596. The molecule has 2 aromatic heterocycles. The lowest BCUT2D eigenvalue weighted by atomic mass is 10.1. The second-order valence-electron chi connectivity index (χ2n) is 7.88. The normalized spacial score (nSPS) is 11.2. The number of aryl methyl sites for hydroxylation is 1. The first kappa shape index (κ1) is 21.0. The van der Waals surface area contributed by atoms with Crippen LogP contribution >= 0.6 is 11.3 Å². The molecule has 1 amide bonds. The molecule has 0 N–H and O–H groups in total. The van der Waals surface area contributed by atoms with Gasteiger partial charge in [0.1, 0.15) is 11.4 Å². The van der Waals surface area contributed by atoms with Crippen LogP contribution in [-0.4, -0.2) is 26.4 Å². The Kier molecular flexibility index (Phi) is 6.00. The average molecular weight is 432 g/mol. The molecular weight excluding hydrogens is 406 g/mol. The molecule has 0 bridgehead atoms. The van der Waals surface area contributed by atoms with E-state index in [4.69, 9.17) is 0 Å². The molecule has 0 spiro atoms. The van der Waals surface area contributed by atoms with Crippen molar-refractivity contribution in [2.75, 3.05) is 0 Å². The number of hydrogen-bond acceptors (Lipinski definition) is 4. The summed E-state index contributed by atoms with van der Waals surface area (Å²) < 4.78 is 1.43. The van der Waals surface area contributed by atoms with Gasteiger partial charge >= 0.3 is 0 Å². The molecule has 0 saturated carbocycles. The first-order chi connectivity index (χ1) is 15.0. The summed E-state index contributed by atoms with van der Waals surface area (Å²) in [6, 6.07) is 19.9. The molecule has 5 nitrogen and oxygen atoms in total. The van der Waals surface area contributed by atoms with E-state index in [0.717, 1.165) is 21.6 Å². The Labute approximate surface area is 185 Å². The van der Waals surface area contributed by atoms with Crippen molar-refractivity contribution in [3.8, 4) is 10.4 Å². The molecule has 2 heterocycles. The smallest absolute Gasteiger partial charge is 0.262 e. The molecule has 0 atom stereocenters. The Morgan fingerprint density at radius 3 is 2.35 bits per heavy atom. The van der Waals surface area contributed by atoms with E-state index in [1.165, 1.54) is 22.2 Å². The van der Waals surface area contributed by atoms with E-state index in [1.807, 2.05) is 81.4 Å². The predicted octanol–water partition coefficient (Wildman–Crippen LogP) is 4.87. The standard InChI is InChI=1S/C25H25N3O2S/c1-17(2)28(14-19-10-6-4-7-11-19)21(29)15-27-16-26-24-22(25(27)30)18(3)23(31-24)20-12-8-5-9-13-20/h4-13,16-17H,14-15H2,1-3H3. The fraction of sp³-hybridized carbons (Fsp3) is 0.240. The number of nitrogens with zero attached hydrogens (tertiary/aromatic N) is 3. The van der Waals surface area contributed by atoms with Crippen molar-refractivity contribution in [2.45, 2.75) is 39.9 Å². The molecule has 0 radical (unpaired) electrons. The molecule has 158 valence electrons. The van der Waals surface area contributed by atoms with Crippen LogP contribution in [0.15, 0.2) is 71.8 Å². The SMILES string of the molecule is Cc1c(-c2ccccc2)sc2ncn(CC(=O)N(Cc3ccccc3)C(C)C)c(=O)c12. The fourth-order valence-corrected chi connectivity index (χ4v) is 4.86. The first-order valence-corrected chi connectivity index (χ1v) is 11.1. The van der Waals surface area contributed by atoms with Crippen LogP contribution in [0.4, 0.5) is 0 Å². The monoisotopic (exact) mass is 431 g/mol. The summed E-state index contributed by atoms with van der Waals surface area (Å²) in [7, 11) is 0. The van der Waals surface area contributed by atoms with Gasteiger partial charge in [-0.2, -0.15) is 0 Å². The first-order valence-electron chi connectivity index (χ1n) is 10.3. The van der Waals surface area contributed by atoms with E-state index in [9.17, 15) is 9.59 Å². The van der Waals surface area contributed by atoms with Gasteiger partial charge in [-0.05, 0) is 37.5 Å². The van der Waals surface area contributed by atoms with Crippen molar-refractivity contribution in [1.29, 1.82) is 0 Å². The number of carbonyl (C=O) groups excluding carboxylic acids is 1. The van der Waals surface area contributed by atoms with Gasteiger partial charge in [0.25, 0.3) is 5.56 Å². The van der Waals surface area contributed by atoms with Crippen LogP contribution in [0.2, 0.25) is 0 Å². The number of amides is 1. The molecule has 2 aromatic carbocycles. The maximum absolute atomic E-state index is 13.2. The van der Waals surface area contributed by atoms with E-state index in [-0.39, 0.29) is 24.1 Å². The summed E-state index contributed by atoms with van der Waals surface area (Å²) in [6.07, 6.45) is 1.49. The highest BCUT2D eigenvalue weighted by Gasteiger charge is 2.20. The lowest BCUT2D eigenvalue weighted by molar-refractivity contribution is -0.134. The number of carbonyl (C=O) groups is 1. The van der Waals surface area contributed by atoms with Gasteiger partial charge in [-0.25, -0.2) is 4.98 Å². The van der Waals surface area contributed by atoms with Gasteiger partial charge in [0.15, 0.2) is 0 Å². The maximum atomic E-state index is 13.2. The summed E-state index contributed by atoms with van der Waals surface area (Å²) >= 11 is 1.51. The van der Waals surface area contributed by atoms with Crippen molar-refractivity contribution in [3.05, 3.63) is 88.5 Å². The Morgan fingerprint density at radius 2 is 1.71 bits per heavy atom. The third-order valence-electron chi connectivity index (χ3n) is 5.40. The second-order valence-corrected chi connectivity index (χ2v) is 8.88. The molecule has 6 heteroatoms. The molecule has 4 aromatic rings. The topological polar surface area (TPSA) is 55.2 Å². The summed E-state index contributed by atoms with van der Waals surface area (Å²) in [6.45, 7) is 6.41. The number of benzene rings is 2. The summed E-state index contributed by atoms with van der Waals surface area (Å²) in [4.78, 5) is 34.4. The van der Waals surface area contributed by atoms with E-state index < -0.39 is 0 Å². The molecular formula is C25H25N3O2S. The van der Waals surface area contributed by atoms with Crippen LogP contribution in [0, 0.1) is 6.92 Å². The van der Waals surface area contributed by atoms with Crippen LogP contribution in [0.5, 0.6) is 0 Å². The molecule has 0 saturated heterocycles. The number of thiophene rings is 1. The Bertz CT molecular complexity index is 1260. The van der Waals surface area contributed by atoms with E-state index >= 15 is 0 Å². The van der Waals surface area contributed by atoms with E-state index in [2.05, 4.69) is 4.98 Å². The lowest BCUT2D eigenvalue weighted by Crippen LogP contribution is -2.40. The van der Waals surface area contributed by atoms with Gasteiger partial charge < -0.3 is 4.90 Å². The largest absolute Gasteiger partial charge is 0.334 e. The zero-order valence-electron chi connectivity index (χ0n) is 17.9. The van der Waals surface area contributed by atoms with Crippen LogP contribution in [0.25, 0.3) is 20.7 Å². The molecule has 0 aliphatic carbocycles. The lowest BCUT2D eigenvalue weighted by Gasteiger charge is -2.27. The molecule has 0 fully saturated rings.